The van der Waals surface area contributed by atoms with Gasteiger partial charge in [0.1, 0.15) is 17.3 Å². The molecule has 0 bridgehead atoms. The topological polar surface area (TPSA) is 73.9 Å². The predicted molar refractivity (Wildman–Crippen MR) is 80.6 cm³/mol. The molecule has 0 aromatic heterocycles. The van der Waals surface area contributed by atoms with E-state index in [2.05, 4.69) is 10.8 Å². The molecule has 0 fully saturated rings. The zero-order chi connectivity index (χ0) is 16.9. The van der Waals surface area contributed by atoms with Crippen LogP contribution in [0.5, 0.6) is 0 Å². The number of halogens is 1. The molecule has 0 spiro atoms. The van der Waals surface area contributed by atoms with Gasteiger partial charge in [0, 0.05) is 0 Å². The van der Waals surface area contributed by atoms with Gasteiger partial charge in [-0.2, -0.15) is 10.5 Å². The van der Waals surface area contributed by atoms with E-state index < -0.39 is 17.2 Å². The van der Waals surface area contributed by atoms with Gasteiger partial charge in [-0.05, 0) is 17.2 Å². The lowest BCUT2D eigenvalue weighted by Crippen LogP contribution is -2.31. The van der Waals surface area contributed by atoms with E-state index in [9.17, 15) is 19.7 Å². The highest BCUT2D eigenvalue weighted by Gasteiger charge is 2.40. The number of methoxy groups -OCH3 is 1. The number of ether oxygens (including phenoxy) is 1. The van der Waals surface area contributed by atoms with Crippen LogP contribution < -0.4 is 0 Å². The van der Waals surface area contributed by atoms with E-state index in [4.69, 9.17) is 0 Å². The number of benzene rings is 2. The number of nitrogens with zero attached hydrogens (tertiary/aromatic N) is 2. The fraction of sp³-hybridized carbons (Fsp3) is 0.167. The quantitative estimate of drug-likeness (QED) is 0.814. The maximum absolute atomic E-state index is 14.0. The van der Waals surface area contributed by atoms with Crippen LogP contribution in [-0.2, 0) is 14.9 Å². The van der Waals surface area contributed by atoms with Gasteiger partial charge < -0.3 is 4.74 Å². The summed E-state index contributed by atoms with van der Waals surface area (Å²) in [4.78, 5) is 11.9. The molecule has 0 aliphatic carbocycles. The van der Waals surface area contributed by atoms with Crippen molar-refractivity contribution >= 4 is 5.97 Å². The lowest BCUT2D eigenvalue weighted by atomic mass is 9.71. The normalized spacial score (nSPS) is 12.5. The van der Waals surface area contributed by atoms with E-state index >= 15 is 0 Å². The summed E-state index contributed by atoms with van der Waals surface area (Å²) in [6.07, 6.45) is -0.317. The summed E-state index contributed by atoms with van der Waals surface area (Å²) < 4.78 is 18.7. The first-order chi connectivity index (χ1) is 11.1. The average molecular weight is 308 g/mol. The van der Waals surface area contributed by atoms with E-state index in [0.717, 1.165) is 6.07 Å². The Hall–Kier alpha value is -3.18. The Bertz CT molecular complexity index is 806. The van der Waals surface area contributed by atoms with Gasteiger partial charge in [0.05, 0.1) is 25.2 Å². The van der Waals surface area contributed by atoms with Crippen molar-refractivity contribution in [2.24, 2.45) is 0 Å². The van der Waals surface area contributed by atoms with Crippen LogP contribution in [0, 0.1) is 28.5 Å². The summed E-state index contributed by atoms with van der Waals surface area (Å²) in [5, 5.41) is 19.1. The van der Waals surface area contributed by atoms with Crippen molar-refractivity contribution in [3.05, 3.63) is 71.0 Å². The number of nitriles is 2. The largest absolute Gasteiger partial charge is 0.469 e. The summed E-state index contributed by atoms with van der Waals surface area (Å²) in [6.45, 7) is 0. The minimum absolute atomic E-state index is 0.152. The van der Waals surface area contributed by atoms with Gasteiger partial charge in [-0.25, -0.2) is 4.39 Å². The Morgan fingerprint density at radius 3 is 2.43 bits per heavy atom. The molecule has 1 atom stereocenters. The summed E-state index contributed by atoms with van der Waals surface area (Å²) in [5.41, 5.74) is -1.10. The van der Waals surface area contributed by atoms with Crippen LogP contribution in [0.25, 0.3) is 0 Å². The van der Waals surface area contributed by atoms with Crippen molar-refractivity contribution in [2.45, 2.75) is 11.8 Å². The Kier molecular flexibility index (Phi) is 4.73. The highest BCUT2D eigenvalue weighted by Crippen LogP contribution is 2.38. The second kappa shape index (κ2) is 6.72. The molecule has 5 heteroatoms. The van der Waals surface area contributed by atoms with Gasteiger partial charge in [-0.1, -0.05) is 42.5 Å². The maximum atomic E-state index is 14.0. The van der Waals surface area contributed by atoms with Crippen LogP contribution in [0.3, 0.4) is 0 Å². The van der Waals surface area contributed by atoms with Gasteiger partial charge in [0.2, 0.25) is 0 Å². The maximum Gasteiger partial charge on any atom is 0.307 e. The number of carbonyl (C=O) groups is 1. The summed E-state index contributed by atoms with van der Waals surface area (Å²) in [5.74, 6) is -1.35. The Morgan fingerprint density at radius 2 is 1.87 bits per heavy atom. The van der Waals surface area contributed by atoms with Crippen molar-refractivity contribution in [1.82, 2.24) is 0 Å². The van der Waals surface area contributed by atoms with Crippen LogP contribution in [-0.4, -0.2) is 13.1 Å². The molecule has 0 saturated heterocycles. The van der Waals surface area contributed by atoms with Crippen LogP contribution in [0.15, 0.2) is 48.5 Å². The molecular weight excluding hydrogens is 295 g/mol. The molecule has 0 heterocycles. The highest BCUT2D eigenvalue weighted by atomic mass is 19.1. The third kappa shape index (κ3) is 2.90. The van der Waals surface area contributed by atoms with Crippen LogP contribution in [0.2, 0.25) is 0 Å². The molecule has 0 aliphatic heterocycles. The van der Waals surface area contributed by atoms with Crippen molar-refractivity contribution in [3.63, 3.8) is 0 Å². The van der Waals surface area contributed by atoms with Crippen LogP contribution in [0.1, 0.15) is 23.1 Å². The fourth-order valence-corrected chi connectivity index (χ4v) is 2.52. The SMILES string of the molecule is COC(=O)C[C@@](C#N)(c1ccccc1)c1cccc(F)c1C#N. The zero-order valence-corrected chi connectivity index (χ0v) is 12.4. The second-order valence-electron chi connectivity index (χ2n) is 4.91. The fourth-order valence-electron chi connectivity index (χ4n) is 2.52. The van der Waals surface area contributed by atoms with E-state index in [0.29, 0.717) is 5.56 Å². The van der Waals surface area contributed by atoms with Crippen molar-refractivity contribution in [1.29, 1.82) is 10.5 Å². The Morgan fingerprint density at radius 1 is 1.17 bits per heavy atom. The van der Waals surface area contributed by atoms with Gasteiger partial charge in [0.25, 0.3) is 0 Å². The van der Waals surface area contributed by atoms with Gasteiger partial charge in [-0.15, -0.1) is 0 Å². The predicted octanol–water partition coefficient (Wildman–Crippen LogP) is 3.07. The Labute approximate surface area is 133 Å². The van der Waals surface area contributed by atoms with Gasteiger partial charge in [0.15, 0.2) is 0 Å². The highest BCUT2D eigenvalue weighted by molar-refractivity contribution is 5.74. The molecule has 0 N–H and O–H groups in total. The van der Waals surface area contributed by atoms with Crippen molar-refractivity contribution in [2.75, 3.05) is 7.11 Å². The second-order valence-corrected chi connectivity index (χ2v) is 4.91. The summed E-state index contributed by atoms with van der Waals surface area (Å²) in [6, 6.07) is 16.4. The van der Waals surface area contributed by atoms with Crippen molar-refractivity contribution in [3.8, 4) is 12.1 Å². The summed E-state index contributed by atoms with van der Waals surface area (Å²) in [7, 11) is 1.21. The molecular formula is C18H13FN2O2. The van der Waals surface area contributed by atoms with E-state index in [1.54, 1.807) is 36.4 Å². The van der Waals surface area contributed by atoms with E-state index in [1.807, 2.05) is 0 Å². The molecule has 0 unspecified atom stereocenters. The molecule has 0 aliphatic rings. The minimum Gasteiger partial charge on any atom is -0.469 e. The Balaban J connectivity index is 2.79. The van der Waals surface area contributed by atoms with Gasteiger partial charge in [-0.3, -0.25) is 4.79 Å². The number of esters is 1. The molecule has 0 amide bonds. The van der Waals surface area contributed by atoms with Gasteiger partial charge >= 0.3 is 5.97 Å². The zero-order valence-electron chi connectivity index (χ0n) is 12.4. The monoisotopic (exact) mass is 308 g/mol. The minimum atomic E-state index is -1.50. The van der Waals surface area contributed by atoms with E-state index in [-0.39, 0.29) is 17.5 Å². The van der Waals surface area contributed by atoms with Crippen LogP contribution >= 0.6 is 0 Å². The lowest BCUT2D eigenvalue weighted by molar-refractivity contribution is -0.141. The standard InChI is InChI=1S/C18H13FN2O2/c1-23-17(22)10-18(12-21,13-6-3-2-4-7-13)15-8-5-9-16(19)14(15)11-20/h2-9H,10H2,1H3/t18-/m1/s1. The smallest absolute Gasteiger partial charge is 0.307 e. The average Bonchev–Trinajstić information content (AvgIpc) is 2.60. The first-order valence-corrected chi connectivity index (χ1v) is 6.81. The third-order valence-corrected chi connectivity index (χ3v) is 3.68. The first-order valence-electron chi connectivity index (χ1n) is 6.81. The molecule has 2 rings (SSSR count). The number of hydrogen-bond acceptors (Lipinski definition) is 4. The summed E-state index contributed by atoms with van der Waals surface area (Å²) >= 11 is 0. The number of carbonyl (C=O) groups excluding carboxylic acids is 1. The van der Waals surface area contributed by atoms with Crippen LogP contribution in [0.4, 0.5) is 4.39 Å². The number of rotatable bonds is 4. The van der Waals surface area contributed by atoms with E-state index in [1.165, 1.54) is 19.2 Å². The third-order valence-electron chi connectivity index (χ3n) is 3.68. The molecule has 114 valence electrons. The van der Waals surface area contributed by atoms with Crippen molar-refractivity contribution < 1.29 is 13.9 Å². The molecule has 23 heavy (non-hydrogen) atoms. The first kappa shape index (κ1) is 16.2. The lowest BCUT2D eigenvalue weighted by Gasteiger charge is -2.27. The number of hydrogen-bond donors (Lipinski definition) is 0. The molecule has 0 saturated carbocycles. The molecule has 2 aromatic carbocycles. The molecule has 0 radical (unpaired) electrons. The molecule has 4 nitrogen and oxygen atoms in total. The molecule has 2 aromatic rings.